The summed E-state index contributed by atoms with van der Waals surface area (Å²) in [4.78, 5) is 19.2. The predicted molar refractivity (Wildman–Crippen MR) is 98.8 cm³/mol. The fourth-order valence-electron chi connectivity index (χ4n) is 3.61. The van der Waals surface area contributed by atoms with E-state index in [9.17, 15) is 4.79 Å². The maximum Gasteiger partial charge on any atom is 0.254 e. The van der Waals surface area contributed by atoms with Crippen molar-refractivity contribution in [3.8, 4) is 11.5 Å². The number of pyridine rings is 1. The fourth-order valence-corrected chi connectivity index (χ4v) is 3.61. The van der Waals surface area contributed by atoms with Crippen LogP contribution in [-0.2, 0) is 0 Å². The van der Waals surface area contributed by atoms with Crippen LogP contribution in [-0.4, -0.2) is 42.6 Å². The Morgan fingerprint density at radius 2 is 2.00 bits per heavy atom. The third kappa shape index (κ3) is 3.19. The van der Waals surface area contributed by atoms with E-state index in [-0.39, 0.29) is 11.9 Å². The molecule has 1 amide bonds. The molecule has 1 unspecified atom stereocenters. The second-order valence-electron chi connectivity index (χ2n) is 6.59. The summed E-state index contributed by atoms with van der Waals surface area (Å²) in [5.74, 6) is 2.30. The molecule has 1 aromatic carbocycles. The number of ether oxygens (including phenoxy) is 2. The minimum atomic E-state index is 0.0403. The number of carbonyl (C=O) groups excluding carboxylic acids is 1. The molecule has 136 valence electrons. The largest absolute Gasteiger partial charge is 0.490 e. The van der Waals surface area contributed by atoms with Crippen LogP contribution < -0.4 is 14.8 Å². The van der Waals surface area contributed by atoms with Crippen molar-refractivity contribution in [2.45, 2.75) is 25.3 Å². The van der Waals surface area contributed by atoms with Crippen LogP contribution in [0.2, 0.25) is 0 Å². The van der Waals surface area contributed by atoms with Gasteiger partial charge in [-0.15, -0.1) is 0 Å². The highest BCUT2D eigenvalue weighted by Crippen LogP contribution is 2.38. The number of rotatable bonds is 3. The van der Waals surface area contributed by atoms with Crippen LogP contribution in [0.5, 0.6) is 11.5 Å². The molecule has 1 aromatic heterocycles. The van der Waals surface area contributed by atoms with Gasteiger partial charge >= 0.3 is 0 Å². The average Bonchev–Trinajstić information content (AvgIpc) is 3.06. The van der Waals surface area contributed by atoms with E-state index in [0.717, 1.165) is 42.9 Å². The second-order valence-corrected chi connectivity index (χ2v) is 6.59. The van der Waals surface area contributed by atoms with Crippen molar-refractivity contribution in [2.75, 3.05) is 32.1 Å². The number of fused-ring (bicyclic) bond motifs is 1. The zero-order valence-electron chi connectivity index (χ0n) is 14.9. The molecule has 26 heavy (non-hydrogen) atoms. The maximum absolute atomic E-state index is 13.1. The molecule has 2 aliphatic rings. The number of aromatic nitrogens is 1. The smallest absolute Gasteiger partial charge is 0.254 e. The number of hydrogen-bond donors (Lipinski definition) is 1. The molecule has 2 aliphatic heterocycles. The molecule has 3 heterocycles. The molecule has 1 N–H and O–H groups in total. The lowest BCUT2D eigenvalue weighted by Crippen LogP contribution is -2.30. The van der Waals surface area contributed by atoms with Gasteiger partial charge in [0, 0.05) is 31.8 Å². The third-order valence-corrected chi connectivity index (χ3v) is 4.93. The Bertz CT molecular complexity index is 809. The van der Waals surface area contributed by atoms with Crippen LogP contribution in [0.25, 0.3) is 0 Å². The van der Waals surface area contributed by atoms with Gasteiger partial charge in [-0.3, -0.25) is 4.79 Å². The van der Waals surface area contributed by atoms with Gasteiger partial charge in [0.1, 0.15) is 5.82 Å². The van der Waals surface area contributed by atoms with E-state index in [0.29, 0.717) is 24.6 Å². The number of amides is 1. The fraction of sp³-hybridized carbons (Fsp3) is 0.400. The summed E-state index contributed by atoms with van der Waals surface area (Å²) < 4.78 is 11.5. The number of carbonyl (C=O) groups is 1. The molecule has 0 saturated carbocycles. The molecule has 6 nitrogen and oxygen atoms in total. The van der Waals surface area contributed by atoms with Crippen molar-refractivity contribution in [3.05, 3.63) is 47.7 Å². The Labute approximate surface area is 153 Å². The molecule has 1 fully saturated rings. The van der Waals surface area contributed by atoms with E-state index in [4.69, 9.17) is 9.47 Å². The predicted octanol–water partition coefficient (Wildman–Crippen LogP) is 3.26. The van der Waals surface area contributed by atoms with Gasteiger partial charge in [-0.2, -0.15) is 0 Å². The Hall–Kier alpha value is -2.76. The molecule has 0 radical (unpaired) electrons. The Morgan fingerprint density at radius 3 is 2.85 bits per heavy atom. The van der Waals surface area contributed by atoms with Crippen LogP contribution >= 0.6 is 0 Å². The monoisotopic (exact) mass is 353 g/mol. The molecule has 2 aromatic rings. The zero-order valence-corrected chi connectivity index (χ0v) is 14.9. The van der Waals surface area contributed by atoms with Crippen molar-refractivity contribution < 1.29 is 14.3 Å². The van der Waals surface area contributed by atoms with Gasteiger partial charge in [-0.1, -0.05) is 6.07 Å². The van der Waals surface area contributed by atoms with Gasteiger partial charge in [0.05, 0.1) is 19.3 Å². The zero-order chi connectivity index (χ0) is 17.9. The molecule has 1 saturated heterocycles. The van der Waals surface area contributed by atoms with E-state index >= 15 is 0 Å². The second kappa shape index (κ2) is 7.23. The molecule has 0 aliphatic carbocycles. The van der Waals surface area contributed by atoms with E-state index in [1.54, 1.807) is 25.4 Å². The van der Waals surface area contributed by atoms with Crippen molar-refractivity contribution >= 4 is 11.7 Å². The minimum Gasteiger partial charge on any atom is -0.490 e. The Balaban J connectivity index is 1.60. The average molecular weight is 353 g/mol. The summed E-state index contributed by atoms with van der Waals surface area (Å²) >= 11 is 0. The van der Waals surface area contributed by atoms with Gasteiger partial charge in [-0.05, 0) is 42.7 Å². The highest BCUT2D eigenvalue weighted by Gasteiger charge is 2.31. The van der Waals surface area contributed by atoms with Crippen LogP contribution in [0.15, 0.2) is 36.5 Å². The van der Waals surface area contributed by atoms with Crippen molar-refractivity contribution in [2.24, 2.45) is 0 Å². The van der Waals surface area contributed by atoms with Crippen LogP contribution in [0.3, 0.4) is 0 Å². The lowest BCUT2D eigenvalue weighted by Gasteiger charge is -2.26. The van der Waals surface area contributed by atoms with E-state index in [1.807, 2.05) is 17.0 Å². The highest BCUT2D eigenvalue weighted by molar-refractivity contribution is 5.95. The Morgan fingerprint density at radius 1 is 1.15 bits per heavy atom. The molecular weight excluding hydrogens is 330 g/mol. The molecule has 4 rings (SSSR count). The van der Waals surface area contributed by atoms with Crippen LogP contribution in [0.4, 0.5) is 5.82 Å². The van der Waals surface area contributed by atoms with Gasteiger partial charge < -0.3 is 19.7 Å². The van der Waals surface area contributed by atoms with Crippen molar-refractivity contribution in [3.63, 3.8) is 0 Å². The number of anilines is 1. The maximum atomic E-state index is 13.1. The molecule has 1 atom stereocenters. The molecular formula is C20H23N3O3. The summed E-state index contributed by atoms with van der Waals surface area (Å²) in [6.07, 6.45) is 4.50. The number of nitrogens with one attached hydrogen (secondary N) is 1. The number of benzene rings is 1. The summed E-state index contributed by atoms with van der Waals surface area (Å²) in [6, 6.07) is 9.67. The first kappa shape index (κ1) is 16.7. The minimum absolute atomic E-state index is 0.0403. The van der Waals surface area contributed by atoms with Gasteiger partial charge in [0.2, 0.25) is 0 Å². The number of hydrogen-bond acceptors (Lipinski definition) is 5. The SMILES string of the molecule is CNc1cc(C(=O)N2CCCC2c2ccc3c(c2)OCCCO3)ccn1. The van der Waals surface area contributed by atoms with Gasteiger partial charge in [-0.25, -0.2) is 4.98 Å². The van der Waals surface area contributed by atoms with E-state index in [1.165, 1.54) is 0 Å². The first-order chi connectivity index (χ1) is 12.8. The molecule has 0 bridgehead atoms. The molecule has 0 spiro atoms. The first-order valence-corrected chi connectivity index (χ1v) is 9.10. The van der Waals surface area contributed by atoms with E-state index < -0.39 is 0 Å². The van der Waals surface area contributed by atoms with Crippen LogP contribution in [0, 0.1) is 0 Å². The van der Waals surface area contributed by atoms with Gasteiger partial charge in [0.15, 0.2) is 11.5 Å². The van der Waals surface area contributed by atoms with Crippen LogP contribution in [0.1, 0.15) is 41.2 Å². The summed E-state index contributed by atoms with van der Waals surface area (Å²) in [5, 5.41) is 2.98. The summed E-state index contributed by atoms with van der Waals surface area (Å²) in [7, 11) is 1.80. The lowest BCUT2D eigenvalue weighted by atomic mass is 10.0. The highest BCUT2D eigenvalue weighted by atomic mass is 16.5. The first-order valence-electron chi connectivity index (χ1n) is 9.10. The summed E-state index contributed by atoms with van der Waals surface area (Å²) in [6.45, 7) is 2.10. The standard InChI is InChI=1S/C20H23N3O3/c1-21-19-13-15(7-8-22-19)20(24)23-9-2-4-16(23)14-5-6-17-18(12-14)26-11-3-10-25-17/h5-8,12-13,16H,2-4,9-11H2,1H3,(H,21,22). The third-order valence-electron chi connectivity index (χ3n) is 4.93. The Kier molecular flexibility index (Phi) is 4.65. The summed E-state index contributed by atoms with van der Waals surface area (Å²) in [5.41, 5.74) is 1.76. The van der Waals surface area contributed by atoms with Crippen molar-refractivity contribution in [1.82, 2.24) is 9.88 Å². The van der Waals surface area contributed by atoms with Crippen molar-refractivity contribution in [1.29, 1.82) is 0 Å². The number of nitrogens with zero attached hydrogens (tertiary/aromatic N) is 2. The topological polar surface area (TPSA) is 63.7 Å². The van der Waals surface area contributed by atoms with E-state index in [2.05, 4.69) is 16.4 Å². The number of likely N-dealkylation sites (tertiary alicyclic amines) is 1. The lowest BCUT2D eigenvalue weighted by molar-refractivity contribution is 0.0735. The normalized spacial score (nSPS) is 19.1. The van der Waals surface area contributed by atoms with Gasteiger partial charge in [0.25, 0.3) is 5.91 Å². The molecule has 6 heteroatoms. The quantitative estimate of drug-likeness (QED) is 0.918.